The molecule has 2 aromatic heterocycles. The lowest BCUT2D eigenvalue weighted by atomic mass is 9.97. The molecule has 50 heavy (non-hydrogen) atoms. The van der Waals surface area contributed by atoms with Crippen molar-refractivity contribution in [2.24, 2.45) is 10.7 Å². The highest BCUT2D eigenvalue weighted by molar-refractivity contribution is 5.81. The van der Waals surface area contributed by atoms with E-state index in [2.05, 4.69) is 28.5 Å². The molecular weight excluding hydrogens is 644 g/mol. The predicted octanol–water partition coefficient (Wildman–Crippen LogP) is 0.904. The highest BCUT2D eigenvalue weighted by Gasteiger charge is 2.22. The summed E-state index contributed by atoms with van der Waals surface area (Å²) in [5, 5.41) is 8.84. The van der Waals surface area contributed by atoms with Crippen molar-refractivity contribution in [1.29, 1.82) is 0 Å². The number of nitrogens with zero attached hydrogens (tertiary/aromatic N) is 5. The Kier molecular flexibility index (Phi) is 12.3. The maximum atomic E-state index is 12.9. The monoisotopic (exact) mass is 690 g/mol. The Morgan fingerprint density at radius 2 is 1.62 bits per heavy atom. The van der Waals surface area contributed by atoms with Gasteiger partial charge < -0.3 is 49.8 Å². The first-order valence-electron chi connectivity index (χ1n) is 17.1. The van der Waals surface area contributed by atoms with E-state index < -0.39 is 0 Å². The summed E-state index contributed by atoms with van der Waals surface area (Å²) in [7, 11) is 0. The van der Waals surface area contributed by atoms with Crippen molar-refractivity contribution in [1.82, 2.24) is 25.0 Å². The van der Waals surface area contributed by atoms with Gasteiger partial charge in [0, 0.05) is 25.3 Å². The number of oxazole rings is 1. The van der Waals surface area contributed by atoms with Gasteiger partial charge in [-0.3, -0.25) is 4.79 Å². The number of nitrogen functional groups attached to an aromatic ring is 1. The van der Waals surface area contributed by atoms with Crippen LogP contribution in [0.3, 0.4) is 0 Å². The fourth-order valence-corrected chi connectivity index (χ4v) is 5.99. The molecule has 15 nitrogen and oxygen atoms in total. The van der Waals surface area contributed by atoms with Gasteiger partial charge in [-0.2, -0.15) is 10.1 Å². The average molecular weight is 691 g/mol. The Hall–Kier alpha value is -4.54. The van der Waals surface area contributed by atoms with E-state index in [1.807, 2.05) is 34.7 Å². The van der Waals surface area contributed by atoms with Crippen LogP contribution in [-0.4, -0.2) is 105 Å². The van der Waals surface area contributed by atoms with Gasteiger partial charge in [-0.05, 0) is 48.2 Å². The Morgan fingerprint density at radius 3 is 2.36 bits per heavy atom. The van der Waals surface area contributed by atoms with Crippen LogP contribution in [0.25, 0.3) is 28.2 Å². The van der Waals surface area contributed by atoms with E-state index >= 15 is 0 Å². The van der Waals surface area contributed by atoms with Gasteiger partial charge in [0.1, 0.15) is 23.7 Å². The lowest BCUT2D eigenvalue weighted by Gasteiger charge is -2.29. The Morgan fingerprint density at radius 1 is 0.900 bits per heavy atom. The molecule has 15 heteroatoms. The lowest BCUT2D eigenvalue weighted by molar-refractivity contribution is -0.133. The molecule has 1 amide bonds. The number of carbonyl (C=O) groups excluding carboxylic acids is 1. The van der Waals surface area contributed by atoms with Crippen LogP contribution in [0.2, 0.25) is 0 Å². The van der Waals surface area contributed by atoms with E-state index in [1.54, 1.807) is 0 Å². The molecule has 0 saturated heterocycles. The zero-order chi connectivity index (χ0) is 34.7. The number of fused-ring (bicyclic) bond motifs is 3. The third-order valence-corrected chi connectivity index (χ3v) is 8.49. The second-order valence-electron chi connectivity index (χ2n) is 11.9. The van der Waals surface area contributed by atoms with E-state index in [9.17, 15) is 4.79 Å². The largest absolute Gasteiger partial charge is 0.424 e. The van der Waals surface area contributed by atoms with Crippen molar-refractivity contribution >= 4 is 28.8 Å². The number of hydrogen-bond acceptors (Lipinski definition) is 13. The summed E-state index contributed by atoms with van der Waals surface area (Å²) in [6.45, 7) is 9.25. The van der Waals surface area contributed by atoms with Gasteiger partial charge in [0.2, 0.25) is 5.91 Å². The fraction of sp³-hybridized carbons (Fsp3) is 0.486. The van der Waals surface area contributed by atoms with Gasteiger partial charge in [-0.1, -0.05) is 18.2 Å². The first kappa shape index (κ1) is 35.3. The molecule has 0 radical (unpaired) electrons. The average Bonchev–Trinajstić information content (AvgIpc) is 3.69. The molecule has 4 aromatic rings. The van der Waals surface area contributed by atoms with Gasteiger partial charge in [0.25, 0.3) is 6.01 Å². The van der Waals surface area contributed by atoms with Gasteiger partial charge in [0.15, 0.2) is 11.1 Å². The summed E-state index contributed by atoms with van der Waals surface area (Å²) >= 11 is 0. The summed E-state index contributed by atoms with van der Waals surface area (Å²) in [5.74, 6) is 0.612. The van der Waals surface area contributed by atoms with Crippen LogP contribution in [0.1, 0.15) is 30.0 Å². The molecule has 268 valence electrons. The molecule has 2 aliphatic heterocycles. The number of aromatic nitrogens is 3. The molecule has 0 atom stereocenters. The van der Waals surface area contributed by atoms with Crippen LogP contribution in [0, 0.1) is 0 Å². The molecular formula is C35H46N8O7. The zero-order valence-electron chi connectivity index (χ0n) is 28.5. The first-order valence-corrected chi connectivity index (χ1v) is 17.1. The topological polar surface area (TPSA) is 187 Å². The second kappa shape index (κ2) is 17.4. The molecule has 0 fully saturated rings. The van der Waals surface area contributed by atoms with Crippen molar-refractivity contribution in [3.63, 3.8) is 0 Å². The minimum atomic E-state index is 0.0868. The van der Waals surface area contributed by atoms with Gasteiger partial charge in [-0.15, -0.1) is 0 Å². The number of hydrogen-bond donors (Lipinski definition) is 3. The zero-order valence-corrected chi connectivity index (χ0v) is 28.5. The van der Waals surface area contributed by atoms with E-state index in [0.29, 0.717) is 121 Å². The van der Waals surface area contributed by atoms with Gasteiger partial charge >= 0.3 is 0 Å². The SMILES string of the molecule is CCOCCOCCOCCOCCOCCC(=O)N1CCc2cc(Cn3nc(-c4ccc5oc(N)nc5c4)c4c3=NCNC=4N)ccc2C1. The Labute approximate surface area is 290 Å². The maximum absolute atomic E-state index is 12.9. The number of nitrogens with one attached hydrogen (secondary N) is 1. The molecule has 2 aromatic carbocycles. The van der Waals surface area contributed by atoms with Crippen LogP contribution < -0.4 is 27.5 Å². The summed E-state index contributed by atoms with van der Waals surface area (Å²) in [5.41, 5.74) is 19.2. The second-order valence-corrected chi connectivity index (χ2v) is 11.9. The van der Waals surface area contributed by atoms with E-state index in [4.69, 9.17) is 49.7 Å². The van der Waals surface area contributed by atoms with Crippen LogP contribution >= 0.6 is 0 Å². The summed E-state index contributed by atoms with van der Waals surface area (Å²) < 4.78 is 34.6. The maximum Gasteiger partial charge on any atom is 0.292 e. The molecule has 0 unspecified atom stereocenters. The summed E-state index contributed by atoms with van der Waals surface area (Å²) in [6, 6.07) is 12.1. The van der Waals surface area contributed by atoms with Gasteiger partial charge in [-0.25, -0.2) is 9.67 Å². The quantitative estimate of drug-likeness (QED) is 0.118. The van der Waals surface area contributed by atoms with Crippen LogP contribution in [-0.2, 0) is 48.0 Å². The minimum Gasteiger partial charge on any atom is -0.424 e. The number of carbonyl (C=O) groups is 1. The summed E-state index contributed by atoms with van der Waals surface area (Å²) in [4.78, 5) is 23.8. The van der Waals surface area contributed by atoms with Crippen molar-refractivity contribution < 1.29 is 32.9 Å². The highest BCUT2D eigenvalue weighted by Crippen LogP contribution is 2.24. The normalized spacial score (nSPS) is 14.0. The van der Waals surface area contributed by atoms with Crippen molar-refractivity contribution in [2.45, 2.75) is 32.9 Å². The Balaban J connectivity index is 0.950. The molecule has 4 heterocycles. The number of nitrogens with two attached hydrogens (primary N) is 2. The van der Waals surface area contributed by atoms with E-state index in [0.717, 1.165) is 33.8 Å². The van der Waals surface area contributed by atoms with Gasteiger partial charge in [0.05, 0.1) is 77.6 Å². The molecule has 0 saturated carbocycles. The smallest absolute Gasteiger partial charge is 0.292 e. The molecule has 0 spiro atoms. The number of benzene rings is 2. The fourth-order valence-electron chi connectivity index (χ4n) is 5.99. The third-order valence-electron chi connectivity index (χ3n) is 8.49. The Bertz CT molecular complexity index is 1870. The van der Waals surface area contributed by atoms with Crippen molar-refractivity contribution in [3.8, 4) is 11.3 Å². The molecule has 6 rings (SSSR count). The van der Waals surface area contributed by atoms with Crippen LogP contribution in [0.5, 0.6) is 0 Å². The predicted molar refractivity (Wildman–Crippen MR) is 185 cm³/mol. The van der Waals surface area contributed by atoms with Crippen molar-refractivity contribution in [3.05, 3.63) is 63.8 Å². The first-order chi connectivity index (χ1) is 24.5. The minimum absolute atomic E-state index is 0.0868. The summed E-state index contributed by atoms with van der Waals surface area (Å²) in [6.07, 6.45) is 1.12. The van der Waals surface area contributed by atoms with Crippen LogP contribution in [0.4, 0.5) is 6.01 Å². The van der Waals surface area contributed by atoms with Crippen LogP contribution in [0.15, 0.2) is 45.8 Å². The number of anilines is 1. The molecule has 2 aliphatic rings. The lowest BCUT2D eigenvalue weighted by Crippen LogP contribution is -2.43. The van der Waals surface area contributed by atoms with E-state index in [-0.39, 0.29) is 11.9 Å². The number of ether oxygens (including phenoxy) is 5. The van der Waals surface area contributed by atoms with E-state index in [1.165, 1.54) is 5.56 Å². The standard InChI is InChI=1S/C35H46N8O7/c1-2-45-11-12-47-15-16-49-18-17-48-14-13-46-10-8-30(44)42-9-7-25-19-24(3-4-27(25)22-42)21-43-34-31(33(36)38-23-39-34)32(41-43)26-5-6-29-28(20-26)40-35(37)50-29/h3-6,19-20,38H,2,7-18,21-23,36H2,1H3,(H2,37,40). The molecule has 0 bridgehead atoms. The van der Waals surface area contributed by atoms with Crippen molar-refractivity contribution in [2.75, 3.05) is 85.0 Å². The molecule has 0 aliphatic carbocycles. The number of rotatable bonds is 19. The third kappa shape index (κ3) is 8.97. The molecule has 5 N–H and O–H groups in total. The highest BCUT2D eigenvalue weighted by atomic mass is 16.6. The number of amides is 1.